The molecule has 110 valence electrons. The number of anilines is 1. The van der Waals surface area contributed by atoms with Gasteiger partial charge in [0, 0.05) is 18.3 Å². The number of hydrogen-bond donors (Lipinski definition) is 2. The molecule has 0 spiro atoms. The van der Waals surface area contributed by atoms with Crippen molar-refractivity contribution in [3.63, 3.8) is 0 Å². The van der Waals surface area contributed by atoms with E-state index < -0.39 is 5.97 Å². The summed E-state index contributed by atoms with van der Waals surface area (Å²) in [5.74, 6) is -0.687. The van der Waals surface area contributed by atoms with Gasteiger partial charge in [-0.25, -0.2) is 9.78 Å². The molecule has 1 amide bonds. The fourth-order valence-electron chi connectivity index (χ4n) is 1.75. The Hall–Kier alpha value is -2.34. The summed E-state index contributed by atoms with van der Waals surface area (Å²) in [7, 11) is 1.29. The van der Waals surface area contributed by atoms with E-state index >= 15 is 0 Å². The average Bonchev–Trinajstić information content (AvgIpc) is 3.00. The molecule has 1 aromatic heterocycles. The second-order valence-electron chi connectivity index (χ2n) is 4.31. The molecule has 1 heterocycles. The molecule has 2 aromatic rings. The molecule has 0 aliphatic carbocycles. The molecule has 0 unspecified atom stereocenters. The second kappa shape index (κ2) is 6.90. The van der Waals surface area contributed by atoms with Crippen molar-refractivity contribution >= 4 is 29.2 Å². The van der Waals surface area contributed by atoms with Gasteiger partial charge in [-0.3, -0.25) is 4.79 Å². The summed E-state index contributed by atoms with van der Waals surface area (Å²) in [5.41, 5.74) is 1.58. The zero-order valence-corrected chi connectivity index (χ0v) is 12.1. The van der Waals surface area contributed by atoms with Gasteiger partial charge in [-0.1, -0.05) is 11.6 Å². The molecule has 0 fully saturated rings. The van der Waals surface area contributed by atoms with Crippen molar-refractivity contribution in [2.75, 3.05) is 12.4 Å². The smallest absolute Gasteiger partial charge is 0.337 e. The number of imidazole rings is 1. The molecule has 0 radical (unpaired) electrons. The van der Waals surface area contributed by atoms with Crippen LogP contribution in [0.1, 0.15) is 22.5 Å². The summed E-state index contributed by atoms with van der Waals surface area (Å²) < 4.78 is 4.63. The Labute approximate surface area is 126 Å². The lowest BCUT2D eigenvalue weighted by Crippen LogP contribution is -2.13. The van der Waals surface area contributed by atoms with Gasteiger partial charge in [0.2, 0.25) is 5.91 Å². The molecule has 2 rings (SSSR count). The number of esters is 1. The number of halogens is 1. The van der Waals surface area contributed by atoms with Crippen molar-refractivity contribution in [2.45, 2.75) is 12.8 Å². The van der Waals surface area contributed by atoms with Gasteiger partial charge in [-0.2, -0.15) is 0 Å². The molecule has 0 aliphatic rings. The van der Waals surface area contributed by atoms with Crippen molar-refractivity contribution in [3.8, 4) is 0 Å². The highest BCUT2D eigenvalue weighted by molar-refractivity contribution is 6.33. The summed E-state index contributed by atoms with van der Waals surface area (Å²) in [5, 5.41) is 3.04. The van der Waals surface area contributed by atoms with Crippen molar-refractivity contribution < 1.29 is 14.3 Å². The van der Waals surface area contributed by atoms with Crippen molar-refractivity contribution in [1.82, 2.24) is 9.97 Å². The molecule has 1 aromatic carbocycles. The topological polar surface area (TPSA) is 84.1 Å². The van der Waals surface area contributed by atoms with Gasteiger partial charge in [0.15, 0.2) is 0 Å². The molecule has 6 nitrogen and oxygen atoms in total. The van der Waals surface area contributed by atoms with Crippen molar-refractivity contribution in [3.05, 3.63) is 47.0 Å². The number of ether oxygens (including phenoxy) is 1. The first-order valence-electron chi connectivity index (χ1n) is 6.25. The number of aromatic nitrogens is 2. The predicted octanol–water partition coefficient (Wildman–Crippen LogP) is 2.42. The maximum atomic E-state index is 11.9. The molecule has 0 saturated carbocycles. The van der Waals surface area contributed by atoms with Crippen molar-refractivity contribution in [1.29, 1.82) is 0 Å². The molecule has 0 bridgehead atoms. The van der Waals surface area contributed by atoms with Crippen LogP contribution in [-0.4, -0.2) is 29.0 Å². The first kappa shape index (κ1) is 15.1. The van der Waals surface area contributed by atoms with E-state index in [4.69, 9.17) is 11.6 Å². The third-order valence-corrected chi connectivity index (χ3v) is 3.17. The van der Waals surface area contributed by atoms with Crippen molar-refractivity contribution in [2.24, 2.45) is 0 Å². The lowest BCUT2D eigenvalue weighted by molar-refractivity contribution is -0.116. The largest absolute Gasteiger partial charge is 0.465 e. The summed E-state index contributed by atoms with van der Waals surface area (Å²) in [6.07, 6.45) is 4.04. The van der Waals surface area contributed by atoms with Gasteiger partial charge >= 0.3 is 5.97 Å². The van der Waals surface area contributed by atoms with Crippen LogP contribution in [0.5, 0.6) is 0 Å². The maximum absolute atomic E-state index is 11.9. The Morgan fingerprint density at radius 3 is 2.90 bits per heavy atom. The van der Waals surface area contributed by atoms with Gasteiger partial charge in [0.05, 0.1) is 29.7 Å². The fraction of sp³-hybridized carbons (Fsp3) is 0.214. The van der Waals surface area contributed by atoms with E-state index in [1.165, 1.54) is 25.3 Å². The van der Waals surface area contributed by atoms with Gasteiger partial charge in [0.25, 0.3) is 0 Å². The van der Waals surface area contributed by atoms with E-state index in [0.717, 1.165) is 5.69 Å². The summed E-state index contributed by atoms with van der Waals surface area (Å²) in [6.45, 7) is 0. The number of H-pyrrole nitrogens is 1. The van der Waals surface area contributed by atoms with Gasteiger partial charge in [-0.05, 0) is 24.6 Å². The van der Waals surface area contributed by atoms with Crippen LogP contribution in [0.4, 0.5) is 5.69 Å². The highest BCUT2D eigenvalue weighted by Crippen LogP contribution is 2.23. The van der Waals surface area contributed by atoms with Crippen LogP contribution < -0.4 is 5.32 Å². The highest BCUT2D eigenvalue weighted by Gasteiger charge is 2.11. The molecular weight excluding hydrogens is 294 g/mol. The van der Waals surface area contributed by atoms with Crippen LogP contribution >= 0.6 is 11.6 Å². The van der Waals surface area contributed by atoms with Crippen LogP contribution in [0.25, 0.3) is 0 Å². The first-order valence-corrected chi connectivity index (χ1v) is 6.63. The van der Waals surface area contributed by atoms with Gasteiger partial charge in [0.1, 0.15) is 0 Å². The Bertz CT molecular complexity index is 641. The predicted molar refractivity (Wildman–Crippen MR) is 78.3 cm³/mol. The third-order valence-electron chi connectivity index (χ3n) is 2.84. The van der Waals surface area contributed by atoms with E-state index in [1.54, 1.807) is 12.5 Å². The minimum atomic E-state index is -0.486. The van der Waals surface area contributed by atoms with Crippen LogP contribution in [0, 0.1) is 0 Å². The molecular formula is C14H14ClN3O3. The molecule has 0 saturated heterocycles. The van der Waals surface area contributed by atoms with E-state index in [9.17, 15) is 9.59 Å². The number of methoxy groups -OCH3 is 1. The molecule has 0 atom stereocenters. The molecule has 0 aliphatic heterocycles. The number of nitrogens with zero attached hydrogens (tertiary/aromatic N) is 1. The summed E-state index contributed by atoms with van der Waals surface area (Å²) in [6, 6.07) is 4.56. The number of rotatable bonds is 5. The number of amides is 1. The number of aryl methyl sites for hydroxylation is 1. The Kier molecular flexibility index (Phi) is 4.94. The SMILES string of the molecule is COC(=O)c1ccc(Cl)c(NC(=O)CCc2cnc[nH]2)c1. The quantitative estimate of drug-likeness (QED) is 0.831. The fourth-order valence-corrected chi connectivity index (χ4v) is 1.91. The Balaban J connectivity index is 2.01. The normalized spacial score (nSPS) is 10.2. The number of carbonyl (C=O) groups is 2. The third kappa shape index (κ3) is 4.06. The van der Waals surface area contributed by atoms with E-state index in [-0.39, 0.29) is 12.3 Å². The number of aromatic amines is 1. The number of carbonyl (C=O) groups excluding carboxylic acids is 2. The minimum absolute atomic E-state index is 0.200. The van der Waals surface area contributed by atoms with Crippen LogP contribution in [0.3, 0.4) is 0 Å². The lowest BCUT2D eigenvalue weighted by Gasteiger charge is -2.08. The van der Waals surface area contributed by atoms with E-state index in [1.807, 2.05) is 0 Å². The van der Waals surface area contributed by atoms with Crippen LogP contribution in [-0.2, 0) is 16.0 Å². The zero-order valence-electron chi connectivity index (χ0n) is 11.4. The highest BCUT2D eigenvalue weighted by atomic mass is 35.5. The zero-order chi connectivity index (χ0) is 15.2. The Morgan fingerprint density at radius 2 is 2.24 bits per heavy atom. The molecule has 21 heavy (non-hydrogen) atoms. The minimum Gasteiger partial charge on any atom is -0.465 e. The lowest BCUT2D eigenvalue weighted by atomic mass is 10.2. The molecule has 2 N–H and O–H groups in total. The number of hydrogen-bond acceptors (Lipinski definition) is 4. The van der Waals surface area contributed by atoms with Gasteiger partial charge in [-0.15, -0.1) is 0 Å². The monoisotopic (exact) mass is 307 g/mol. The van der Waals surface area contributed by atoms with Gasteiger partial charge < -0.3 is 15.0 Å². The maximum Gasteiger partial charge on any atom is 0.337 e. The Morgan fingerprint density at radius 1 is 1.43 bits per heavy atom. The average molecular weight is 308 g/mol. The van der Waals surface area contributed by atoms with E-state index in [2.05, 4.69) is 20.0 Å². The molecule has 7 heteroatoms. The van der Waals surface area contributed by atoms with Crippen LogP contribution in [0.2, 0.25) is 5.02 Å². The second-order valence-corrected chi connectivity index (χ2v) is 4.72. The number of nitrogens with one attached hydrogen (secondary N) is 2. The summed E-state index contributed by atoms with van der Waals surface area (Å²) >= 11 is 6.00. The number of benzene rings is 1. The van der Waals surface area contributed by atoms with Crippen LogP contribution in [0.15, 0.2) is 30.7 Å². The first-order chi connectivity index (χ1) is 10.1. The standard InChI is InChI=1S/C14H14ClN3O3/c1-21-14(20)9-2-4-11(15)12(6-9)18-13(19)5-3-10-7-16-8-17-10/h2,4,6-8H,3,5H2,1H3,(H,16,17)(H,18,19). The summed E-state index contributed by atoms with van der Waals surface area (Å²) in [4.78, 5) is 30.1. The van der Waals surface area contributed by atoms with E-state index in [0.29, 0.717) is 22.7 Å².